The second-order valence-corrected chi connectivity index (χ2v) is 2.24. The van der Waals surface area contributed by atoms with E-state index in [4.69, 9.17) is 5.41 Å². The first-order valence-corrected chi connectivity index (χ1v) is 3.31. The molecule has 0 spiro atoms. The lowest BCUT2D eigenvalue weighted by molar-refractivity contribution is 0.881. The molecule has 0 atom stereocenters. The third-order valence-corrected chi connectivity index (χ3v) is 1.16. The lowest BCUT2D eigenvalue weighted by Crippen LogP contribution is -2.00. The molecule has 0 aromatic carbocycles. The topological polar surface area (TPSA) is 23.9 Å². The lowest BCUT2D eigenvalue weighted by Gasteiger charge is -1.90. The molecule has 0 aromatic heterocycles. The van der Waals surface area contributed by atoms with Gasteiger partial charge in [0.1, 0.15) is 0 Å². The van der Waals surface area contributed by atoms with Crippen LogP contribution in [-0.2, 0) is 0 Å². The first-order valence-electron chi connectivity index (χ1n) is 3.31. The fourth-order valence-electron chi connectivity index (χ4n) is 0.640. The maximum atomic E-state index is 7.07. The molecular weight excluding hydrogens is 96.9 g/mol. The van der Waals surface area contributed by atoms with Crippen molar-refractivity contribution in [1.29, 1.82) is 5.41 Å². The Kier molecular flexibility index (Phi) is 4.72. The van der Waals surface area contributed by atoms with E-state index in [9.17, 15) is 0 Å². The monoisotopic (exact) mass is 111 g/mol. The second-order valence-electron chi connectivity index (χ2n) is 2.24. The quantitative estimate of drug-likeness (QED) is 0.324. The van der Waals surface area contributed by atoms with Crippen molar-refractivity contribution >= 4 is 12.9 Å². The van der Waals surface area contributed by atoms with Crippen LogP contribution < -0.4 is 0 Å². The molecule has 0 unspecified atom stereocenters. The van der Waals surface area contributed by atoms with Crippen molar-refractivity contribution in [3.8, 4) is 0 Å². The molecule has 0 fully saturated rings. The van der Waals surface area contributed by atoms with E-state index in [1.807, 2.05) is 6.92 Å². The summed E-state index contributed by atoms with van der Waals surface area (Å²) < 4.78 is 0. The molecule has 0 bridgehead atoms. The van der Waals surface area contributed by atoms with Crippen molar-refractivity contribution in [3.63, 3.8) is 0 Å². The first-order chi connectivity index (χ1) is 3.77. The van der Waals surface area contributed by atoms with Gasteiger partial charge in [-0.1, -0.05) is 26.1 Å². The molecular formula is C6H14BN. The van der Waals surface area contributed by atoms with Crippen LogP contribution in [0, 0.1) is 5.41 Å². The third-order valence-electron chi connectivity index (χ3n) is 1.16. The normalized spacial score (nSPS) is 8.75. The third kappa shape index (κ3) is 5.73. The molecule has 0 radical (unpaired) electrons. The predicted molar refractivity (Wildman–Crippen MR) is 40.3 cm³/mol. The Morgan fingerprint density at radius 3 is 2.62 bits per heavy atom. The van der Waals surface area contributed by atoms with E-state index in [0.29, 0.717) is 0 Å². The highest BCUT2D eigenvalue weighted by Gasteiger charge is 1.89. The van der Waals surface area contributed by atoms with Crippen molar-refractivity contribution in [2.75, 3.05) is 0 Å². The molecule has 8 heavy (non-hydrogen) atoms. The number of hydrogen-bond acceptors (Lipinski definition) is 1. The maximum Gasteiger partial charge on any atom is 0.175 e. The molecule has 1 N–H and O–H groups in total. The summed E-state index contributed by atoms with van der Waals surface area (Å²) in [6.45, 7) is 4.05. The van der Waals surface area contributed by atoms with E-state index in [1.165, 1.54) is 19.2 Å². The molecule has 0 aliphatic heterocycles. The molecule has 0 rings (SSSR count). The molecule has 2 heteroatoms. The minimum Gasteiger partial charge on any atom is -0.320 e. The van der Waals surface area contributed by atoms with Gasteiger partial charge < -0.3 is 5.41 Å². The number of rotatable bonds is 4. The van der Waals surface area contributed by atoms with Gasteiger partial charge in [0.2, 0.25) is 0 Å². The molecule has 46 valence electrons. The number of nitrogens with one attached hydrogen (secondary N) is 1. The van der Waals surface area contributed by atoms with E-state index < -0.39 is 0 Å². The zero-order chi connectivity index (χ0) is 6.41. The minimum absolute atomic E-state index is 0.818. The van der Waals surface area contributed by atoms with Crippen molar-refractivity contribution in [2.45, 2.75) is 33.0 Å². The zero-order valence-electron chi connectivity index (χ0n) is 5.83. The molecule has 0 aliphatic carbocycles. The van der Waals surface area contributed by atoms with Crippen LogP contribution in [0.15, 0.2) is 0 Å². The molecule has 0 amide bonds. The summed E-state index contributed by atoms with van der Waals surface area (Å²) in [5.41, 5.74) is 0.818. The van der Waals surface area contributed by atoms with Gasteiger partial charge in [-0.15, -0.1) is 0 Å². The fourth-order valence-corrected chi connectivity index (χ4v) is 0.640. The summed E-state index contributed by atoms with van der Waals surface area (Å²) in [5, 5.41) is 7.07. The van der Waals surface area contributed by atoms with Crippen molar-refractivity contribution < 1.29 is 0 Å². The van der Waals surface area contributed by atoms with Gasteiger partial charge in [-0.3, -0.25) is 0 Å². The van der Waals surface area contributed by atoms with Gasteiger partial charge in [0.05, 0.1) is 0 Å². The van der Waals surface area contributed by atoms with Crippen molar-refractivity contribution in [2.24, 2.45) is 0 Å². The minimum atomic E-state index is 0.818. The van der Waals surface area contributed by atoms with Gasteiger partial charge in [0, 0.05) is 0 Å². The van der Waals surface area contributed by atoms with E-state index >= 15 is 0 Å². The molecule has 0 aliphatic rings. The highest BCUT2D eigenvalue weighted by Crippen LogP contribution is 1.92. The van der Waals surface area contributed by atoms with E-state index in [0.717, 1.165) is 12.9 Å². The smallest absolute Gasteiger partial charge is 0.175 e. The average molecular weight is 111 g/mol. The van der Waals surface area contributed by atoms with E-state index in [2.05, 4.69) is 6.92 Å². The standard InChI is InChI=1S/C6H14BN/c1-3-4-5-7-6(2)8/h7-8H,3-5H2,1-2H3. The van der Waals surface area contributed by atoms with Crippen molar-refractivity contribution in [3.05, 3.63) is 0 Å². The van der Waals surface area contributed by atoms with Crippen molar-refractivity contribution in [1.82, 2.24) is 0 Å². The van der Waals surface area contributed by atoms with Crippen LogP contribution in [0.5, 0.6) is 0 Å². The largest absolute Gasteiger partial charge is 0.320 e. The molecule has 0 aromatic rings. The van der Waals surface area contributed by atoms with Crippen LogP contribution in [0.4, 0.5) is 0 Å². The maximum absolute atomic E-state index is 7.07. The van der Waals surface area contributed by atoms with Crippen LogP contribution in [0.2, 0.25) is 6.32 Å². The Hall–Kier alpha value is -0.265. The summed E-state index contributed by atoms with van der Waals surface area (Å²) in [6, 6.07) is 0. The van der Waals surface area contributed by atoms with Gasteiger partial charge >= 0.3 is 0 Å². The Balaban J connectivity index is 2.82. The average Bonchev–Trinajstić information content (AvgIpc) is 1.66. The Bertz CT molecular complexity index is 70.9. The summed E-state index contributed by atoms with van der Waals surface area (Å²) in [5.74, 6) is 0. The molecule has 0 saturated heterocycles. The zero-order valence-corrected chi connectivity index (χ0v) is 5.83. The number of unbranched alkanes of at least 4 members (excludes halogenated alkanes) is 1. The highest BCUT2D eigenvalue weighted by molar-refractivity contribution is 6.74. The predicted octanol–water partition coefficient (Wildman–Crippen LogP) is 1.64. The van der Waals surface area contributed by atoms with Gasteiger partial charge in [-0.05, 0) is 12.5 Å². The van der Waals surface area contributed by atoms with Crippen LogP contribution in [0.3, 0.4) is 0 Å². The highest BCUT2D eigenvalue weighted by atomic mass is 14.3. The second kappa shape index (κ2) is 4.88. The summed E-state index contributed by atoms with van der Waals surface area (Å²) in [6.07, 6.45) is 3.73. The van der Waals surface area contributed by atoms with Gasteiger partial charge in [-0.25, -0.2) is 0 Å². The Labute approximate surface area is 52.2 Å². The Morgan fingerprint density at radius 1 is 1.62 bits per heavy atom. The lowest BCUT2D eigenvalue weighted by atomic mass is 9.69. The van der Waals surface area contributed by atoms with Gasteiger partial charge in [0.25, 0.3) is 0 Å². The molecule has 0 saturated carbocycles. The summed E-state index contributed by atoms with van der Waals surface area (Å²) in [4.78, 5) is 0. The van der Waals surface area contributed by atoms with E-state index in [1.54, 1.807) is 0 Å². The van der Waals surface area contributed by atoms with Gasteiger partial charge in [-0.2, -0.15) is 0 Å². The fraction of sp³-hybridized carbons (Fsp3) is 0.833. The number of hydrogen-bond donors (Lipinski definition) is 1. The van der Waals surface area contributed by atoms with Crippen LogP contribution in [0.1, 0.15) is 26.7 Å². The van der Waals surface area contributed by atoms with Crippen LogP contribution in [0.25, 0.3) is 0 Å². The van der Waals surface area contributed by atoms with Gasteiger partial charge in [0.15, 0.2) is 7.28 Å². The summed E-state index contributed by atoms with van der Waals surface area (Å²) in [7, 11) is 0.994. The van der Waals surface area contributed by atoms with E-state index in [-0.39, 0.29) is 0 Å². The Morgan fingerprint density at radius 2 is 2.25 bits per heavy atom. The molecule has 0 heterocycles. The van der Waals surface area contributed by atoms with Crippen LogP contribution in [-0.4, -0.2) is 12.9 Å². The summed E-state index contributed by atoms with van der Waals surface area (Å²) >= 11 is 0. The first kappa shape index (κ1) is 7.73. The SMILES string of the molecule is CCCCBC(C)=N. The van der Waals surface area contributed by atoms with Crippen LogP contribution >= 0.6 is 0 Å². The molecule has 1 nitrogen and oxygen atoms in total.